The van der Waals surface area contributed by atoms with Gasteiger partial charge in [-0.1, -0.05) is 31.4 Å². The summed E-state index contributed by atoms with van der Waals surface area (Å²) in [4.78, 5) is 10.8. The number of rotatable bonds is 4. The maximum Gasteiger partial charge on any atom is 0.245 e. The molecule has 0 heterocycles. The minimum Gasteiger partial charge on any atom is -0.366 e. The predicted molar refractivity (Wildman–Crippen MR) is 68.5 cm³/mol. The molecule has 0 saturated carbocycles. The van der Waals surface area contributed by atoms with E-state index in [9.17, 15) is 4.79 Å². The highest BCUT2D eigenvalue weighted by atomic mass is 35.5. The fourth-order valence-electron chi connectivity index (χ4n) is 2.05. The predicted octanol–water partition coefficient (Wildman–Crippen LogP) is 3.34. The van der Waals surface area contributed by atoms with Crippen molar-refractivity contribution in [3.05, 3.63) is 22.8 Å². The Balaban J connectivity index is 3.00. The summed E-state index contributed by atoms with van der Waals surface area (Å²) in [6.07, 6.45) is 6.35. The van der Waals surface area contributed by atoms with Gasteiger partial charge < -0.3 is 5.73 Å². The van der Waals surface area contributed by atoms with Crippen LogP contribution >= 0.6 is 23.2 Å². The second kappa shape index (κ2) is 5.24. The fourth-order valence-corrected chi connectivity index (χ4v) is 2.80. The number of primary amides is 1. The van der Waals surface area contributed by atoms with Gasteiger partial charge in [-0.25, -0.2) is 0 Å². The monoisotopic (exact) mass is 261 g/mol. The van der Waals surface area contributed by atoms with E-state index in [0.717, 1.165) is 19.3 Å². The summed E-state index contributed by atoms with van der Waals surface area (Å²) in [7, 11) is 0. The summed E-state index contributed by atoms with van der Waals surface area (Å²) in [5.41, 5.74) is 5.90. The first-order valence-electron chi connectivity index (χ1n) is 5.47. The maximum atomic E-state index is 11.4. The molecule has 16 heavy (non-hydrogen) atoms. The van der Waals surface area contributed by atoms with Crippen LogP contribution in [0.5, 0.6) is 0 Å². The van der Waals surface area contributed by atoms with Crippen molar-refractivity contribution in [2.75, 3.05) is 0 Å². The lowest BCUT2D eigenvalue weighted by atomic mass is 9.79. The van der Waals surface area contributed by atoms with E-state index in [1.165, 1.54) is 0 Å². The third-order valence-corrected chi connectivity index (χ3v) is 3.49. The van der Waals surface area contributed by atoms with Gasteiger partial charge in [0.2, 0.25) is 5.91 Å². The molecule has 2 unspecified atom stereocenters. The third kappa shape index (κ3) is 3.02. The van der Waals surface area contributed by atoms with Crippen LogP contribution in [0.3, 0.4) is 0 Å². The van der Waals surface area contributed by atoms with Gasteiger partial charge in [-0.05, 0) is 25.5 Å². The van der Waals surface area contributed by atoms with Crippen LogP contribution in [0.15, 0.2) is 22.8 Å². The Labute approximate surface area is 106 Å². The van der Waals surface area contributed by atoms with E-state index in [2.05, 4.69) is 6.92 Å². The number of hydrogen-bond donors (Lipinski definition) is 1. The Bertz CT molecular complexity index is 345. The summed E-state index contributed by atoms with van der Waals surface area (Å²) in [6.45, 7) is 3.97. The lowest BCUT2D eigenvalue weighted by Crippen LogP contribution is -2.35. The van der Waals surface area contributed by atoms with Crippen LogP contribution in [0.25, 0.3) is 0 Å². The van der Waals surface area contributed by atoms with Gasteiger partial charge in [0.25, 0.3) is 0 Å². The molecule has 0 radical (unpaired) electrons. The topological polar surface area (TPSA) is 43.1 Å². The van der Waals surface area contributed by atoms with Crippen LogP contribution in [-0.2, 0) is 4.79 Å². The van der Waals surface area contributed by atoms with E-state index in [1.54, 1.807) is 12.2 Å². The highest BCUT2D eigenvalue weighted by Gasteiger charge is 2.37. The number of allylic oxidation sites excluding steroid dienone is 3. The minimum absolute atomic E-state index is 0.0471. The number of alkyl halides is 1. The zero-order valence-corrected chi connectivity index (χ0v) is 11.1. The quantitative estimate of drug-likeness (QED) is 0.776. The molecule has 0 fully saturated rings. The molecule has 2 N–H and O–H groups in total. The average Bonchev–Trinajstić information content (AvgIpc) is 2.13. The second-order valence-corrected chi connectivity index (χ2v) is 5.59. The van der Waals surface area contributed by atoms with E-state index in [4.69, 9.17) is 28.9 Å². The summed E-state index contributed by atoms with van der Waals surface area (Å²) in [5, 5.41) is 0.485. The van der Waals surface area contributed by atoms with Crippen LogP contribution in [0, 0.1) is 5.92 Å². The lowest BCUT2D eigenvalue weighted by Gasteiger charge is -2.33. The van der Waals surface area contributed by atoms with E-state index >= 15 is 0 Å². The van der Waals surface area contributed by atoms with Gasteiger partial charge in [0.15, 0.2) is 0 Å². The molecule has 0 saturated heterocycles. The molecule has 1 amide bonds. The van der Waals surface area contributed by atoms with E-state index < -0.39 is 10.8 Å². The maximum absolute atomic E-state index is 11.4. The normalized spacial score (nSPS) is 29.6. The number of carbonyl (C=O) groups is 1. The Kier molecular flexibility index (Phi) is 4.45. The zero-order valence-electron chi connectivity index (χ0n) is 9.59. The molecule has 1 aliphatic carbocycles. The molecule has 0 aromatic rings. The number of unbranched alkanes of at least 4 members (excludes halogenated alkanes) is 1. The average molecular weight is 262 g/mol. The first kappa shape index (κ1) is 13.6. The zero-order chi connectivity index (χ0) is 12.3. The Morgan fingerprint density at radius 1 is 1.62 bits per heavy atom. The van der Waals surface area contributed by atoms with Crippen LogP contribution < -0.4 is 5.73 Å². The van der Waals surface area contributed by atoms with Gasteiger partial charge in [-0.2, -0.15) is 0 Å². The summed E-state index contributed by atoms with van der Waals surface area (Å²) < 4.78 is 0. The van der Waals surface area contributed by atoms with Gasteiger partial charge in [0.05, 0.1) is 4.87 Å². The number of halogens is 2. The smallest absolute Gasteiger partial charge is 0.245 e. The van der Waals surface area contributed by atoms with Crippen molar-refractivity contribution in [1.82, 2.24) is 0 Å². The Morgan fingerprint density at radius 3 is 2.75 bits per heavy atom. The third-order valence-electron chi connectivity index (χ3n) is 2.90. The first-order chi connectivity index (χ1) is 7.38. The van der Waals surface area contributed by atoms with Crippen molar-refractivity contribution in [1.29, 1.82) is 0 Å². The molecule has 90 valence electrons. The van der Waals surface area contributed by atoms with Crippen molar-refractivity contribution < 1.29 is 4.79 Å². The number of hydrogen-bond acceptors (Lipinski definition) is 1. The molecule has 0 aromatic carbocycles. The van der Waals surface area contributed by atoms with Crippen molar-refractivity contribution in [3.8, 4) is 0 Å². The van der Waals surface area contributed by atoms with E-state index in [1.807, 2.05) is 6.92 Å². The van der Waals surface area contributed by atoms with Gasteiger partial charge in [0, 0.05) is 16.5 Å². The van der Waals surface area contributed by atoms with Crippen molar-refractivity contribution in [2.45, 2.75) is 38.0 Å². The van der Waals surface area contributed by atoms with Crippen molar-refractivity contribution in [3.63, 3.8) is 0 Å². The fraction of sp³-hybridized carbons (Fsp3) is 0.583. The summed E-state index contributed by atoms with van der Waals surface area (Å²) in [5.74, 6) is -0.478. The molecule has 2 atom stereocenters. The molecule has 0 spiro atoms. The summed E-state index contributed by atoms with van der Waals surface area (Å²) >= 11 is 12.3. The standard InChI is InChI=1S/C12H17Cl2NO/c1-3-4-5-10-9(11(15)16)6-8(13)7-12(10,2)14/h6-7,10H,3-5H2,1-2H3,(H2,15,16). The van der Waals surface area contributed by atoms with Crippen LogP contribution in [0.2, 0.25) is 0 Å². The molecule has 0 bridgehead atoms. The molecular weight excluding hydrogens is 245 g/mol. The number of amides is 1. The van der Waals surface area contributed by atoms with Gasteiger partial charge in [-0.15, -0.1) is 11.6 Å². The van der Waals surface area contributed by atoms with Gasteiger partial charge >= 0.3 is 0 Å². The number of carbonyl (C=O) groups excluding carboxylic acids is 1. The molecule has 0 aliphatic heterocycles. The largest absolute Gasteiger partial charge is 0.366 e. The Morgan fingerprint density at radius 2 is 2.25 bits per heavy atom. The highest BCUT2D eigenvalue weighted by molar-refractivity contribution is 6.34. The molecule has 1 rings (SSSR count). The SMILES string of the molecule is CCCCC1C(C(N)=O)=CC(Cl)=CC1(C)Cl. The first-order valence-corrected chi connectivity index (χ1v) is 6.22. The molecule has 2 nitrogen and oxygen atoms in total. The second-order valence-electron chi connectivity index (χ2n) is 4.34. The van der Waals surface area contributed by atoms with Crippen LogP contribution in [0.4, 0.5) is 0 Å². The number of nitrogens with two attached hydrogens (primary N) is 1. The van der Waals surface area contributed by atoms with E-state index in [-0.39, 0.29) is 5.92 Å². The van der Waals surface area contributed by atoms with Gasteiger partial charge in [0.1, 0.15) is 0 Å². The minimum atomic E-state index is -0.620. The van der Waals surface area contributed by atoms with Crippen LogP contribution in [0.1, 0.15) is 33.1 Å². The molecule has 1 aliphatic rings. The van der Waals surface area contributed by atoms with E-state index in [0.29, 0.717) is 10.6 Å². The van der Waals surface area contributed by atoms with Crippen molar-refractivity contribution >= 4 is 29.1 Å². The van der Waals surface area contributed by atoms with Crippen molar-refractivity contribution in [2.24, 2.45) is 11.7 Å². The molecule has 0 aromatic heterocycles. The Hall–Kier alpha value is -0.470. The molecule has 4 heteroatoms. The highest BCUT2D eigenvalue weighted by Crippen LogP contribution is 2.41. The lowest BCUT2D eigenvalue weighted by molar-refractivity contribution is -0.115. The molecular formula is C12H17Cl2NO. The van der Waals surface area contributed by atoms with Crippen LogP contribution in [-0.4, -0.2) is 10.8 Å². The summed E-state index contributed by atoms with van der Waals surface area (Å²) in [6, 6.07) is 0. The van der Waals surface area contributed by atoms with Gasteiger partial charge in [-0.3, -0.25) is 4.79 Å².